The molecule has 1 unspecified atom stereocenters. The average Bonchev–Trinajstić information content (AvgIpc) is 3.38. The fraction of sp³-hybridized carbons (Fsp3) is 0.941. The number of ether oxygens (including phenoxy) is 1. The molecule has 0 fully saturated rings. The molecular weight excluding hydrogens is 879 g/mol. The standard InChI is InChI=1S/C68H133NO3/c1-5-9-13-17-21-22-23-24-25-26-27-28-29-30-31-32-33-34-35-36-37-38-39-40-41-42-43-44-45-46-47-48-49-50-51-52-53-57-61-66(65-67(70)72-64-60-56-20-16-12-8-4)68(71)69(62-58-54-18-14-10-6-2)63-59-55-19-15-11-7-3/h37-38,66H,5-36,39-65H2,1-4H3/b38-37+. The Bertz CT molecular complexity index is 1060. The van der Waals surface area contributed by atoms with Gasteiger partial charge in [-0.25, -0.2) is 0 Å². The maximum atomic E-state index is 14.2. The van der Waals surface area contributed by atoms with Crippen molar-refractivity contribution in [1.29, 1.82) is 0 Å². The van der Waals surface area contributed by atoms with E-state index in [0.717, 1.165) is 51.6 Å². The van der Waals surface area contributed by atoms with Gasteiger partial charge >= 0.3 is 5.97 Å². The Labute approximate surface area is 454 Å². The molecule has 4 heteroatoms. The van der Waals surface area contributed by atoms with Crippen molar-refractivity contribution in [3.05, 3.63) is 12.2 Å². The Hall–Kier alpha value is -1.32. The third-order valence-corrected chi connectivity index (χ3v) is 16.0. The predicted molar refractivity (Wildman–Crippen MR) is 321 cm³/mol. The summed E-state index contributed by atoms with van der Waals surface area (Å²) < 4.78 is 5.75. The van der Waals surface area contributed by atoms with Crippen molar-refractivity contribution in [3.8, 4) is 0 Å². The smallest absolute Gasteiger partial charge is 0.306 e. The molecule has 0 aromatic heterocycles. The van der Waals surface area contributed by atoms with Crippen LogP contribution in [-0.2, 0) is 14.3 Å². The quantitative estimate of drug-likeness (QED) is 0.0346. The number of esters is 1. The van der Waals surface area contributed by atoms with Crippen LogP contribution >= 0.6 is 0 Å². The lowest BCUT2D eigenvalue weighted by Crippen LogP contribution is -2.38. The van der Waals surface area contributed by atoms with Gasteiger partial charge in [0.15, 0.2) is 0 Å². The van der Waals surface area contributed by atoms with Crippen LogP contribution in [-0.4, -0.2) is 36.5 Å². The third kappa shape index (κ3) is 54.9. The maximum Gasteiger partial charge on any atom is 0.306 e. The predicted octanol–water partition coefficient (Wildman–Crippen LogP) is 23.5. The van der Waals surface area contributed by atoms with E-state index in [9.17, 15) is 9.59 Å². The SMILES string of the molecule is CCCCCCCCCCCCCCCCCCCCC/C=C/CCCCCCCCCCCCCCCCCC(CC(=O)OCCCCCCCC)C(=O)N(CCCCCCCC)CCCCCCCC. The maximum absolute atomic E-state index is 14.2. The fourth-order valence-electron chi connectivity index (χ4n) is 10.9. The van der Waals surface area contributed by atoms with Crippen LogP contribution in [0, 0.1) is 5.92 Å². The number of carbonyl (C=O) groups is 2. The second-order valence-electron chi connectivity index (χ2n) is 23.3. The fourth-order valence-corrected chi connectivity index (χ4v) is 10.9. The monoisotopic (exact) mass is 1010 g/mol. The molecule has 0 aliphatic heterocycles. The molecule has 0 saturated heterocycles. The van der Waals surface area contributed by atoms with E-state index < -0.39 is 0 Å². The van der Waals surface area contributed by atoms with Gasteiger partial charge in [0, 0.05) is 19.0 Å². The van der Waals surface area contributed by atoms with Gasteiger partial charge in [0.2, 0.25) is 5.91 Å². The Morgan fingerprint density at radius 2 is 0.569 bits per heavy atom. The number of nitrogens with zero attached hydrogens (tertiary/aromatic N) is 1. The number of amides is 1. The van der Waals surface area contributed by atoms with Crippen molar-refractivity contribution in [1.82, 2.24) is 4.90 Å². The molecule has 0 rings (SSSR count). The summed E-state index contributed by atoms with van der Waals surface area (Å²) in [5.74, 6) is -0.157. The van der Waals surface area contributed by atoms with Crippen LogP contribution in [0.2, 0.25) is 0 Å². The number of carbonyl (C=O) groups excluding carboxylic acids is 2. The highest BCUT2D eigenvalue weighted by Crippen LogP contribution is 2.22. The molecule has 1 amide bonds. The van der Waals surface area contributed by atoms with E-state index >= 15 is 0 Å². The number of allylic oxidation sites excluding steroid dienone is 2. The number of rotatable bonds is 62. The van der Waals surface area contributed by atoms with E-state index in [1.165, 1.54) is 315 Å². The van der Waals surface area contributed by atoms with Gasteiger partial charge in [-0.05, 0) is 51.4 Å². The largest absolute Gasteiger partial charge is 0.466 e. The molecule has 0 heterocycles. The third-order valence-electron chi connectivity index (χ3n) is 16.0. The summed E-state index contributed by atoms with van der Waals surface area (Å²) in [6.07, 6.45) is 78.3. The Morgan fingerprint density at radius 1 is 0.319 bits per heavy atom. The van der Waals surface area contributed by atoms with Gasteiger partial charge < -0.3 is 9.64 Å². The summed E-state index contributed by atoms with van der Waals surface area (Å²) in [5.41, 5.74) is 0. The topological polar surface area (TPSA) is 46.6 Å². The summed E-state index contributed by atoms with van der Waals surface area (Å²) in [6.45, 7) is 11.3. The first-order chi connectivity index (χ1) is 35.6. The van der Waals surface area contributed by atoms with E-state index in [0.29, 0.717) is 6.61 Å². The molecule has 0 spiro atoms. The van der Waals surface area contributed by atoms with Crippen molar-refractivity contribution in [2.45, 2.75) is 387 Å². The van der Waals surface area contributed by atoms with Crippen LogP contribution in [0.25, 0.3) is 0 Å². The lowest BCUT2D eigenvalue weighted by molar-refractivity contribution is -0.149. The number of unbranched alkanes of at least 4 members (excludes halogenated alkanes) is 49. The van der Waals surface area contributed by atoms with Crippen molar-refractivity contribution in [3.63, 3.8) is 0 Å². The van der Waals surface area contributed by atoms with Crippen LogP contribution in [0.4, 0.5) is 0 Å². The molecule has 428 valence electrons. The molecule has 0 aliphatic rings. The summed E-state index contributed by atoms with van der Waals surface area (Å²) in [7, 11) is 0. The van der Waals surface area contributed by atoms with E-state index in [1.54, 1.807) is 0 Å². The van der Waals surface area contributed by atoms with Crippen LogP contribution in [0.1, 0.15) is 387 Å². The van der Waals surface area contributed by atoms with E-state index in [-0.39, 0.29) is 24.2 Å². The van der Waals surface area contributed by atoms with Gasteiger partial charge in [0.25, 0.3) is 0 Å². The molecule has 4 nitrogen and oxygen atoms in total. The first kappa shape index (κ1) is 70.7. The van der Waals surface area contributed by atoms with Gasteiger partial charge in [-0.3, -0.25) is 9.59 Å². The number of hydrogen-bond donors (Lipinski definition) is 0. The lowest BCUT2D eigenvalue weighted by Gasteiger charge is -2.27. The molecule has 0 saturated carbocycles. The van der Waals surface area contributed by atoms with E-state index in [4.69, 9.17) is 4.74 Å². The van der Waals surface area contributed by atoms with Crippen LogP contribution in [0.5, 0.6) is 0 Å². The van der Waals surface area contributed by atoms with Crippen molar-refractivity contribution < 1.29 is 14.3 Å². The highest BCUT2D eigenvalue weighted by atomic mass is 16.5. The summed E-state index contributed by atoms with van der Waals surface area (Å²) >= 11 is 0. The molecular formula is C68H133NO3. The zero-order valence-corrected chi connectivity index (χ0v) is 50.1. The average molecular weight is 1010 g/mol. The molecule has 0 N–H and O–H groups in total. The minimum absolute atomic E-state index is 0.157. The van der Waals surface area contributed by atoms with Crippen LogP contribution in [0.15, 0.2) is 12.2 Å². The number of hydrogen-bond acceptors (Lipinski definition) is 3. The Kier molecular flexibility index (Phi) is 61.1. The molecule has 0 aromatic rings. The molecule has 0 aliphatic carbocycles. The first-order valence-electron chi connectivity index (χ1n) is 33.7. The van der Waals surface area contributed by atoms with Gasteiger partial charge in [-0.15, -0.1) is 0 Å². The van der Waals surface area contributed by atoms with Crippen molar-refractivity contribution in [2.24, 2.45) is 5.92 Å². The normalized spacial score (nSPS) is 12.1. The Balaban J connectivity index is 4.06. The molecule has 0 aromatic carbocycles. The summed E-state index contributed by atoms with van der Waals surface area (Å²) in [4.78, 5) is 29.5. The summed E-state index contributed by atoms with van der Waals surface area (Å²) in [6, 6.07) is 0. The second kappa shape index (κ2) is 62.2. The van der Waals surface area contributed by atoms with E-state index in [2.05, 4.69) is 44.7 Å². The van der Waals surface area contributed by atoms with Gasteiger partial charge in [0.1, 0.15) is 0 Å². The van der Waals surface area contributed by atoms with Crippen LogP contribution < -0.4 is 0 Å². The Morgan fingerprint density at radius 3 is 0.875 bits per heavy atom. The molecule has 0 bridgehead atoms. The van der Waals surface area contributed by atoms with Gasteiger partial charge in [-0.1, -0.05) is 342 Å². The van der Waals surface area contributed by atoms with Crippen molar-refractivity contribution in [2.75, 3.05) is 19.7 Å². The molecule has 72 heavy (non-hydrogen) atoms. The van der Waals surface area contributed by atoms with Crippen LogP contribution in [0.3, 0.4) is 0 Å². The zero-order chi connectivity index (χ0) is 52.2. The van der Waals surface area contributed by atoms with Gasteiger partial charge in [0.05, 0.1) is 13.0 Å². The second-order valence-corrected chi connectivity index (χ2v) is 23.3. The first-order valence-corrected chi connectivity index (χ1v) is 33.7. The van der Waals surface area contributed by atoms with Crippen molar-refractivity contribution >= 4 is 11.9 Å². The highest BCUT2D eigenvalue weighted by molar-refractivity contribution is 5.83. The van der Waals surface area contributed by atoms with Gasteiger partial charge in [-0.2, -0.15) is 0 Å². The van der Waals surface area contributed by atoms with E-state index in [1.807, 2.05) is 0 Å². The zero-order valence-electron chi connectivity index (χ0n) is 50.1. The minimum Gasteiger partial charge on any atom is -0.466 e. The minimum atomic E-state index is -0.229. The molecule has 0 radical (unpaired) electrons. The summed E-state index contributed by atoms with van der Waals surface area (Å²) in [5, 5.41) is 0. The molecule has 1 atom stereocenters. The highest BCUT2D eigenvalue weighted by Gasteiger charge is 2.27. The lowest BCUT2D eigenvalue weighted by atomic mass is 9.95.